The maximum atomic E-state index is 12.8. The Morgan fingerprint density at radius 2 is 1.88 bits per heavy atom. The second kappa shape index (κ2) is 8.87. The number of pyridine rings is 1. The summed E-state index contributed by atoms with van der Waals surface area (Å²) >= 11 is 0. The quantitative estimate of drug-likeness (QED) is 0.626. The van der Waals surface area contributed by atoms with E-state index in [2.05, 4.69) is 22.4 Å². The Morgan fingerprint density at radius 3 is 2.59 bits per heavy atom. The zero-order chi connectivity index (χ0) is 23.9. The molecule has 3 aliphatic rings. The fourth-order valence-corrected chi connectivity index (χ4v) is 5.81. The van der Waals surface area contributed by atoms with Gasteiger partial charge in [0.15, 0.2) is 0 Å². The van der Waals surface area contributed by atoms with Crippen LogP contribution in [-0.4, -0.2) is 47.6 Å². The van der Waals surface area contributed by atoms with Crippen LogP contribution in [0.1, 0.15) is 60.9 Å². The normalized spacial score (nSPS) is 25.2. The van der Waals surface area contributed by atoms with Gasteiger partial charge in [-0.3, -0.25) is 4.79 Å². The summed E-state index contributed by atoms with van der Waals surface area (Å²) in [4.78, 5) is 19.0. The van der Waals surface area contributed by atoms with E-state index in [4.69, 9.17) is 5.73 Å². The van der Waals surface area contributed by atoms with E-state index < -0.39 is 12.6 Å². The number of halogens is 3. The van der Waals surface area contributed by atoms with Gasteiger partial charge in [0.05, 0.1) is 12.0 Å². The number of rotatable bonds is 6. The van der Waals surface area contributed by atoms with Crippen LogP contribution in [0.5, 0.6) is 0 Å². The van der Waals surface area contributed by atoms with Gasteiger partial charge in [-0.15, -0.1) is 0 Å². The number of carbonyl (C=O) groups excluding carboxylic acids is 1. The van der Waals surface area contributed by atoms with Crippen LogP contribution in [-0.2, 0) is 5.41 Å². The van der Waals surface area contributed by atoms with E-state index in [0.717, 1.165) is 49.8 Å². The first-order chi connectivity index (χ1) is 16.2. The molecule has 2 atom stereocenters. The van der Waals surface area contributed by atoms with Gasteiger partial charge in [0.1, 0.15) is 5.82 Å². The molecule has 34 heavy (non-hydrogen) atoms. The van der Waals surface area contributed by atoms with Crippen LogP contribution in [0.4, 0.5) is 19.0 Å². The van der Waals surface area contributed by atoms with Crippen molar-refractivity contribution in [3.63, 3.8) is 0 Å². The largest absolute Gasteiger partial charge is 0.390 e. The Bertz CT molecular complexity index is 1050. The second-order valence-electron chi connectivity index (χ2n) is 10.2. The van der Waals surface area contributed by atoms with Crippen molar-refractivity contribution in [1.82, 2.24) is 15.2 Å². The Morgan fingerprint density at radius 1 is 1.15 bits per heavy atom. The molecule has 0 spiro atoms. The van der Waals surface area contributed by atoms with Crippen LogP contribution in [0.2, 0.25) is 0 Å². The predicted molar refractivity (Wildman–Crippen MR) is 125 cm³/mol. The summed E-state index contributed by atoms with van der Waals surface area (Å²) in [5, 5.41) is 3.10. The number of likely N-dealkylation sites (tertiary alicyclic amines) is 1. The lowest BCUT2D eigenvalue weighted by Gasteiger charge is -2.23. The molecule has 1 aromatic heterocycles. The first-order valence-electron chi connectivity index (χ1n) is 12.2. The smallest absolute Gasteiger partial charge is 0.383 e. The summed E-state index contributed by atoms with van der Waals surface area (Å²) in [6, 6.07) is 10.1. The van der Waals surface area contributed by atoms with Crippen molar-refractivity contribution in [2.75, 3.05) is 25.4 Å². The summed E-state index contributed by atoms with van der Waals surface area (Å²) in [5.41, 5.74) is 9.32. The number of fused-ring (bicyclic) bond motifs is 1. The van der Waals surface area contributed by atoms with E-state index in [1.165, 1.54) is 12.0 Å². The third-order valence-corrected chi connectivity index (χ3v) is 7.82. The minimum atomic E-state index is -4.11. The second-order valence-corrected chi connectivity index (χ2v) is 10.2. The molecule has 2 heterocycles. The average molecular weight is 473 g/mol. The van der Waals surface area contributed by atoms with Gasteiger partial charge in [0, 0.05) is 42.9 Å². The van der Waals surface area contributed by atoms with Crippen molar-refractivity contribution in [2.45, 2.75) is 62.6 Å². The monoisotopic (exact) mass is 472 g/mol. The highest BCUT2D eigenvalue weighted by Crippen LogP contribution is 2.59. The van der Waals surface area contributed by atoms with Crippen molar-refractivity contribution in [2.24, 2.45) is 5.92 Å². The van der Waals surface area contributed by atoms with Gasteiger partial charge in [-0.1, -0.05) is 43.5 Å². The van der Waals surface area contributed by atoms with Gasteiger partial charge in [-0.05, 0) is 42.4 Å². The molecule has 3 N–H and O–H groups in total. The highest BCUT2D eigenvalue weighted by molar-refractivity contribution is 5.99. The van der Waals surface area contributed by atoms with Crippen molar-refractivity contribution in [3.8, 4) is 11.1 Å². The highest BCUT2D eigenvalue weighted by atomic mass is 19.4. The Balaban J connectivity index is 1.27. The van der Waals surface area contributed by atoms with E-state index in [1.54, 1.807) is 12.3 Å². The van der Waals surface area contributed by atoms with Gasteiger partial charge in [0.2, 0.25) is 0 Å². The molecule has 2 aliphatic carbocycles. The molecular weight excluding hydrogens is 441 g/mol. The van der Waals surface area contributed by atoms with Gasteiger partial charge < -0.3 is 16.0 Å². The molecule has 1 unspecified atom stereocenters. The van der Waals surface area contributed by atoms with Crippen LogP contribution in [0.3, 0.4) is 0 Å². The predicted octanol–water partition coefficient (Wildman–Crippen LogP) is 4.92. The van der Waals surface area contributed by atoms with E-state index in [1.807, 2.05) is 17.0 Å². The summed E-state index contributed by atoms with van der Waals surface area (Å²) in [7, 11) is 0. The molecule has 2 saturated carbocycles. The number of aromatic nitrogens is 1. The lowest BCUT2D eigenvalue weighted by atomic mass is 9.93. The molecule has 5 nitrogen and oxygen atoms in total. The van der Waals surface area contributed by atoms with E-state index in [-0.39, 0.29) is 29.7 Å². The summed E-state index contributed by atoms with van der Waals surface area (Å²) in [6.45, 7) is 1.49. The molecule has 5 rings (SSSR count). The molecular formula is C26H31F3N4O. The molecule has 0 radical (unpaired) electrons. The molecule has 1 amide bonds. The zero-order valence-electron chi connectivity index (χ0n) is 19.2. The van der Waals surface area contributed by atoms with Gasteiger partial charge in [-0.2, -0.15) is 13.2 Å². The molecule has 3 fully saturated rings. The number of piperidine rings is 1. The first kappa shape index (κ1) is 23.1. The molecule has 2 aromatic rings. The van der Waals surface area contributed by atoms with Crippen LogP contribution >= 0.6 is 0 Å². The van der Waals surface area contributed by atoms with E-state index >= 15 is 0 Å². The number of hydrogen-bond acceptors (Lipinski definition) is 4. The summed E-state index contributed by atoms with van der Waals surface area (Å²) in [6.07, 6.45) is 3.32. The van der Waals surface area contributed by atoms with Crippen LogP contribution < -0.4 is 11.1 Å². The van der Waals surface area contributed by atoms with Crippen LogP contribution in [0, 0.1) is 5.92 Å². The number of anilines is 1. The number of nitrogens with zero attached hydrogens (tertiary/aromatic N) is 2. The minimum Gasteiger partial charge on any atom is -0.383 e. The van der Waals surface area contributed by atoms with Crippen molar-refractivity contribution >= 4 is 11.7 Å². The molecule has 1 aliphatic heterocycles. The fourth-order valence-electron chi connectivity index (χ4n) is 5.81. The number of nitrogens with two attached hydrogens (primary N) is 1. The molecule has 8 heteroatoms. The van der Waals surface area contributed by atoms with Gasteiger partial charge in [0.25, 0.3) is 5.91 Å². The number of nitrogens with one attached hydrogen (secondary N) is 1. The first-order valence-corrected chi connectivity index (χ1v) is 12.2. The number of nitrogen functional groups attached to an aromatic ring is 1. The number of amides is 1. The molecule has 0 bridgehead atoms. The SMILES string of the molecule is Nc1ncc(-c2ccc([C@]34CC3CN(CCC(F)(F)F)C4)cc2)cc1C(=O)NC1CCCCC1. The van der Waals surface area contributed by atoms with Crippen molar-refractivity contribution in [3.05, 3.63) is 47.7 Å². The topological polar surface area (TPSA) is 71.2 Å². The standard InChI is InChI=1S/C26H31F3N4O/c27-26(28,29)10-11-33-15-20-13-25(20,16-33)19-8-6-17(7-9-19)18-12-22(23(30)31-14-18)24(34)32-21-4-2-1-3-5-21/h6-9,12,14,20-21H,1-5,10-11,13,15-16H2,(H2,30,31)(H,32,34)/t20?,25-/m1/s1. The van der Waals surface area contributed by atoms with E-state index in [0.29, 0.717) is 18.0 Å². The Kier molecular flexibility index (Phi) is 6.04. The Labute approximate surface area is 197 Å². The van der Waals surface area contributed by atoms with Crippen molar-refractivity contribution < 1.29 is 18.0 Å². The molecule has 1 saturated heterocycles. The zero-order valence-corrected chi connectivity index (χ0v) is 19.2. The molecule has 182 valence electrons. The fraction of sp³-hybridized carbons (Fsp3) is 0.538. The van der Waals surface area contributed by atoms with Crippen molar-refractivity contribution in [1.29, 1.82) is 0 Å². The van der Waals surface area contributed by atoms with Crippen LogP contribution in [0.25, 0.3) is 11.1 Å². The number of hydrogen-bond donors (Lipinski definition) is 2. The lowest BCUT2D eigenvalue weighted by molar-refractivity contribution is -0.137. The van der Waals surface area contributed by atoms with E-state index in [9.17, 15) is 18.0 Å². The number of benzene rings is 1. The third kappa shape index (κ3) is 4.78. The molecule has 1 aromatic carbocycles. The number of carbonyl (C=O) groups is 1. The summed E-state index contributed by atoms with van der Waals surface area (Å²) in [5.74, 6) is 0.470. The third-order valence-electron chi connectivity index (χ3n) is 7.82. The minimum absolute atomic E-state index is 0.0193. The lowest BCUT2D eigenvalue weighted by Crippen LogP contribution is -2.36. The van der Waals surface area contributed by atoms with Crippen LogP contribution in [0.15, 0.2) is 36.5 Å². The average Bonchev–Trinajstić information content (AvgIpc) is 3.39. The summed E-state index contributed by atoms with van der Waals surface area (Å²) < 4.78 is 37.8. The van der Waals surface area contributed by atoms with Gasteiger partial charge in [-0.25, -0.2) is 4.98 Å². The Hall–Kier alpha value is -2.61. The maximum Gasteiger partial charge on any atom is 0.390 e. The maximum absolute atomic E-state index is 12.8. The number of alkyl halides is 3. The van der Waals surface area contributed by atoms with Gasteiger partial charge >= 0.3 is 6.18 Å². The highest BCUT2D eigenvalue weighted by Gasteiger charge is 2.60.